The Morgan fingerprint density at radius 2 is 1.79 bits per heavy atom. The fourth-order valence-corrected chi connectivity index (χ4v) is 4.80. The third kappa shape index (κ3) is 6.43. The highest BCUT2D eigenvalue weighted by Gasteiger charge is 2.33. The highest BCUT2D eigenvalue weighted by Crippen LogP contribution is 2.35. The summed E-state index contributed by atoms with van der Waals surface area (Å²) in [5.74, 6) is -4.94. The van der Waals surface area contributed by atoms with Crippen LogP contribution >= 0.6 is 35.3 Å². The van der Waals surface area contributed by atoms with Gasteiger partial charge in [0.25, 0.3) is 5.91 Å². The number of thiophene rings is 1. The van der Waals surface area contributed by atoms with Gasteiger partial charge in [0.2, 0.25) is 11.8 Å². The van der Waals surface area contributed by atoms with Gasteiger partial charge in [-0.1, -0.05) is 30.0 Å². The number of rotatable bonds is 8. The van der Waals surface area contributed by atoms with Crippen LogP contribution in [0.25, 0.3) is 17.2 Å². The first-order valence-corrected chi connectivity index (χ1v) is 11.3. The molecule has 172 valence electrons. The number of thioether (sulfide) groups is 1. The Hall–Kier alpha value is -3.16. The van der Waals surface area contributed by atoms with E-state index in [0.29, 0.717) is 16.0 Å². The average molecular weight is 512 g/mol. The highest BCUT2D eigenvalue weighted by molar-refractivity contribution is 8.26. The number of hydrogen-bond donors (Lipinski definition) is 3. The van der Waals surface area contributed by atoms with Gasteiger partial charge in [0.1, 0.15) is 17.4 Å². The number of amides is 3. The number of hydrogen-bond acceptors (Lipinski definition) is 7. The van der Waals surface area contributed by atoms with Crippen molar-refractivity contribution in [2.45, 2.75) is 0 Å². The first-order chi connectivity index (χ1) is 15.6. The Labute approximate surface area is 199 Å². The smallest absolute Gasteiger partial charge is 0.322 e. The Morgan fingerprint density at radius 3 is 2.48 bits per heavy atom. The highest BCUT2D eigenvalue weighted by atomic mass is 32.2. The van der Waals surface area contributed by atoms with Crippen LogP contribution in [0.1, 0.15) is 4.88 Å². The summed E-state index contributed by atoms with van der Waals surface area (Å²) in [4.78, 5) is 48.7. The predicted octanol–water partition coefficient (Wildman–Crippen LogP) is 2.21. The van der Waals surface area contributed by atoms with Crippen molar-refractivity contribution in [3.63, 3.8) is 0 Å². The van der Waals surface area contributed by atoms with Gasteiger partial charge in [0, 0.05) is 4.88 Å². The van der Waals surface area contributed by atoms with E-state index in [4.69, 9.17) is 17.3 Å². The third-order valence-electron chi connectivity index (χ3n) is 4.20. The molecule has 3 amide bonds. The van der Waals surface area contributed by atoms with Crippen LogP contribution in [0, 0.1) is 11.6 Å². The summed E-state index contributed by atoms with van der Waals surface area (Å²) in [5.41, 5.74) is 1.14. The second-order valence-corrected chi connectivity index (χ2v) is 9.20. The lowest BCUT2D eigenvalue weighted by atomic mass is 10.1. The van der Waals surface area contributed by atoms with E-state index in [2.05, 4.69) is 10.6 Å². The van der Waals surface area contributed by atoms with Crippen LogP contribution in [0.2, 0.25) is 0 Å². The van der Waals surface area contributed by atoms with Crippen molar-refractivity contribution in [3.05, 3.63) is 51.1 Å². The first-order valence-electron chi connectivity index (χ1n) is 9.18. The topological polar surface area (TPSA) is 116 Å². The number of nitrogens with zero attached hydrogens (tertiary/aromatic N) is 1. The number of carboxylic acid groups (broad SMARTS) is 1. The van der Waals surface area contributed by atoms with Gasteiger partial charge >= 0.3 is 5.97 Å². The molecular formula is C20H15F2N3O5S3. The van der Waals surface area contributed by atoms with Crippen LogP contribution in [0.5, 0.6) is 0 Å². The molecule has 0 saturated carbocycles. The molecule has 33 heavy (non-hydrogen) atoms. The van der Waals surface area contributed by atoms with Crippen LogP contribution in [0.4, 0.5) is 8.78 Å². The van der Waals surface area contributed by atoms with Crippen LogP contribution < -0.4 is 10.6 Å². The molecule has 0 atom stereocenters. The number of benzene rings is 1. The van der Waals surface area contributed by atoms with Crippen molar-refractivity contribution in [3.8, 4) is 11.1 Å². The molecule has 2 heterocycles. The molecule has 0 aliphatic carbocycles. The van der Waals surface area contributed by atoms with Crippen molar-refractivity contribution in [2.24, 2.45) is 0 Å². The lowest BCUT2D eigenvalue weighted by Crippen LogP contribution is -2.44. The second-order valence-electron chi connectivity index (χ2n) is 6.58. The van der Waals surface area contributed by atoms with Gasteiger partial charge in [-0.15, -0.1) is 11.3 Å². The van der Waals surface area contributed by atoms with Crippen LogP contribution in [-0.2, 0) is 19.2 Å². The summed E-state index contributed by atoms with van der Waals surface area (Å²) >= 11 is 7.47. The van der Waals surface area contributed by atoms with Gasteiger partial charge in [0.05, 0.1) is 11.4 Å². The molecule has 8 nitrogen and oxygen atoms in total. The second kappa shape index (κ2) is 10.6. The molecule has 1 fully saturated rings. The van der Waals surface area contributed by atoms with E-state index in [1.165, 1.54) is 17.4 Å². The standard InChI is InChI=1S/C20H15F2N3O5S3/c21-13-2-1-10(4-14(13)22)11-3-12(32-9-11)5-15-19(30)25(20(31)33-15)8-17(27)23-6-16(26)24-7-18(28)29/h1-5,9H,6-8H2,(H,23,27)(H,24,26)(H,28,29)/b15-5-. The molecule has 1 aromatic heterocycles. The fourth-order valence-electron chi connectivity index (χ4n) is 2.64. The normalized spacial score (nSPS) is 14.6. The summed E-state index contributed by atoms with van der Waals surface area (Å²) in [6.45, 7) is -1.42. The zero-order valence-corrected chi connectivity index (χ0v) is 19.0. The van der Waals surface area contributed by atoms with Gasteiger partial charge in [-0.25, -0.2) is 8.78 Å². The summed E-state index contributed by atoms with van der Waals surface area (Å²) in [6, 6.07) is 5.28. The molecule has 0 spiro atoms. The first kappa shape index (κ1) is 24.5. The van der Waals surface area contributed by atoms with Crippen LogP contribution in [0.15, 0.2) is 34.6 Å². The molecule has 1 saturated heterocycles. The number of carboxylic acids is 1. The fraction of sp³-hybridized carbons (Fsp3) is 0.150. The van der Waals surface area contributed by atoms with E-state index in [0.717, 1.165) is 28.8 Å². The Morgan fingerprint density at radius 1 is 1.06 bits per heavy atom. The molecule has 2 aromatic rings. The third-order valence-corrected chi connectivity index (χ3v) is 6.46. The van der Waals surface area contributed by atoms with Crippen molar-refractivity contribution in [1.29, 1.82) is 0 Å². The molecule has 0 unspecified atom stereocenters. The molecule has 1 aromatic carbocycles. The quantitative estimate of drug-likeness (QED) is 0.368. The van der Waals surface area contributed by atoms with E-state index in [9.17, 15) is 28.0 Å². The Kier molecular flexibility index (Phi) is 7.89. The number of thiocarbonyl (C=S) groups is 1. The summed E-state index contributed by atoms with van der Waals surface area (Å²) in [6.07, 6.45) is 1.59. The van der Waals surface area contributed by atoms with E-state index < -0.39 is 55.0 Å². The van der Waals surface area contributed by atoms with Gasteiger partial charge in [-0.2, -0.15) is 0 Å². The summed E-state index contributed by atoms with van der Waals surface area (Å²) in [7, 11) is 0. The molecule has 1 aliphatic heterocycles. The van der Waals surface area contributed by atoms with Gasteiger partial charge < -0.3 is 15.7 Å². The van der Waals surface area contributed by atoms with Gasteiger partial charge in [-0.05, 0) is 40.8 Å². The van der Waals surface area contributed by atoms with E-state index in [1.54, 1.807) is 17.5 Å². The van der Waals surface area contributed by atoms with Crippen LogP contribution in [-0.4, -0.2) is 57.7 Å². The maximum atomic E-state index is 13.5. The number of halogens is 2. The largest absolute Gasteiger partial charge is 0.480 e. The number of carbonyl (C=O) groups is 4. The summed E-state index contributed by atoms with van der Waals surface area (Å²) < 4.78 is 26.8. The summed E-state index contributed by atoms with van der Waals surface area (Å²) in [5, 5.41) is 14.6. The molecule has 1 aliphatic rings. The molecule has 3 rings (SSSR count). The zero-order chi connectivity index (χ0) is 24.1. The van der Waals surface area contributed by atoms with Crippen molar-refractivity contribution < 1.29 is 33.1 Å². The van der Waals surface area contributed by atoms with Crippen molar-refractivity contribution >= 4 is 69.4 Å². The minimum atomic E-state index is -1.22. The van der Waals surface area contributed by atoms with Gasteiger partial charge in [0.15, 0.2) is 11.6 Å². The van der Waals surface area contributed by atoms with E-state index >= 15 is 0 Å². The van der Waals surface area contributed by atoms with Gasteiger partial charge in [-0.3, -0.25) is 24.1 Å². The monoisotopic (exact) mass is 511 g/mol. The molecular weight excluding hydrogens is 496 g/mol. The van der Waals surface area contributed by atoms with Crippen molar-refractivity contribution in [2.75, 3.05) is 19.6 Å². The average Bonchev–Trinajstić information content (AvgIpc) is 3.33. The van der Waals surface area contributed by atoms with Crippen LogP contribution in [0.3, 0.4) is 0 Å². The number of nitrogens with one attached hydrogen (secondary N) is 2. The van der Waals surface area contributed by atoms with E-state index in [1.807, 2.05) is 0 Å². The molecule has 3 N–H and O–H groups in total. The SMILES string of the molecule is O=C(O)CNC(=O)CNC(=O)CN1C(=O)/C(=C/c2cc(-c3ccc(F)c(F)c3)cs2)SC1=S. The maximum absolute atomic E-state index is 13.5. The minimum Gasteiger partial charge on any atom is -0.480 e. The molecule has 13 heteroatoms. The number of aliphatic carboxylic acids is 1. The van der Waals surface area contributed by atoms with Crippen molar-refractivity contribution in [1.82, 2.24) is 15.5 Å². The molecule has 0 radical (unpaired) electrons. The Balaban J connectivity index is 1.61. The number of carbonyl (C=O) groups excluding carboxylic acids is 3. The maximum Gasteiger partial charge on any atom is 0.322 e. The minimum absolute atomic E-state index is 0.161. The lowest BCUT2D eigenvalue weighted by Gasteiger charge is -2.14. The van der Waals surface area contributed by atoms with E-state index in [-0.39, 0.29) is 9.23 Å². The predicted molar refractivity (Wildman–Crippen MR) is 123 cm³/mol. The Bertz CT molecular complexity index is 1180. The molecule has 0 bridgehead atoms. The zero-order valence-electron chi connectivity index (χ0n) is 16.6. The lowest BCUT2D eigenvalue weighted by molar-refractivity contribution is -0.138.